The van der Waals surface area contributed by atoms with E-state index < -0.39 is 5.97 Å². The van der Waals surface area contributed by atoms with Crippen LogP contribution in [0.5, 0.6) is 0 Å². The Bertz CT molecular complexity index is 95.0. The van der Waals surface area contributed by atoms with Gasteiger partial charge in [-0.05, 0) is 12.8 Å². The zero-order valence-electron chi connectivity index (χ0n) is 6.55. The van der Waals surface area contributed by atoms with Gasteiger partial charge in [-0.3, -0.25) is 0 Å². The molecule has 1 fully saturated rings. The number of ether oxygens (including phenoxy) is 3. The van der Waals surface area contributed by atoms with E-state index in [0.29, 0.717) is 0 Å². The summed E-state index contributed by atoms with van der Waals surface area (Å²) in [5, 5.41) is 0. The highest BCUT2D eigenvalue weighted by molar-refractivity contribution is 4.52. The third kappa shape index (κ3) is 1.94. The Labute approximate surface area is 61.3 Å². The predicted molar refractivity (Wildman–Crippen MR) is 36.6 cm³/mol. The van der Waals surface area contributed by atoms with E-state index in [0.717, 1.165) is 26.1 Å². The first-order valence-electron chi connectivity index (χ1n) is 3.60. The lowest BCUT2D eigenvalue weighted by molar-refractivity contribution is -0.352. The van der Waals surface area contributed by atoms with Crippen molar-refractivity contribution in [3.63, 3.8) is 0 Å². The fraction of sp³-hybridized carbons (Fsp3) is 1.00. The molecule has 0 atom stereocenters. The van der Waals surface area contributed by atoms with Crippen LogP contribution in [0.4, 0.5) is 0 Å². The van der Waals surface area contributed by atoms with Crippen molar-refractivity contribution in [1.29, 1.82) is 0 Å². The molecule has 1 heterocycles. The van der Waals surface area contributed by atoms with Crippen LogP contribution in [0.1, 0.15) is 19.8 Å². The number of hydrogen-bond donors (Lipinski definition) is 0. The summed E-state index contributed by atoms with van der Waals surface area (Å²) < 4.78 is 15.6. The molecule has 0 spiro atoms. The van der Waals surface area contributed by atoms with Crippen molar-refractivity contribution >= 4 is 0 Å². The molecular weight excluding hydrogens is 132 g/mol. The Morgan fingerprint density at radius 2 is 1.70 bits per heavy atom. The molecule has 60 valence electrons. The number of methoxy groups -OCH3 is 1. The third-order valence-electron chi connectivity index (χ3n) is 1.64. The molecule has 10 heavy (non-hydrogen) atoms. The Morgan fingerprint density at radius 3 is 2.10 bits per heavy atom. The Morgan fingerprint density at radius 1 is 1.20 bits per heavy atom. The Hall–Kier alpha value is -0.120. The van der Waals surface area contributed by atoms with Gasteiger partial charge in [-0.25, -0.2) is 0 Å². The van der Waals surface area contributed by atoms with Gasteiger partial charge in [0.1, 0.15) is 0 Å². The highest BCUT2D eigenvalue weighted by Crippen LogP contribution is 2.17. The Kier molecular flexibility index (Phi) is 2.65. The first kappa shape index (κ1) is 7.98. The maximum absolute atomic E-state index is 5.30. The van der Waals surface area contributed by atoms with Gasteiger partial charge in [0.05, 0.1) is 13.2 Å². The first-order valence-corrected chi connectivity index (χ1v) is 3.60. The van der Waals surface area contributed by atoms with Crippen molar-refractivity contribution in [1.82, 2.24) is 0 Å². The molecule has 0 aliphatic carbocycles. The first-order chi connectivity index (χ1) is 4.77. The van der Waals surface area contributed by atoms with E-state index in [2.05, 4.69) is 0 Å². The molecule has 1 saturated heterocycles. The molecule has 0 aromatic rings. The zero-order chi connectivity index (χ0) is 7.45. The summed E-state index contributed by atoms with van der Waals surface area (Å²) >= 11 is 0. The van der Waals surface area contributed by atoms with E-state index in [1.807, 2.05) is 0 Å². The normalized spacial score (nSPS) is 25.8. The summed E-state index contributed by atoms with van der Waals surface area (Å²) in [6, 6.07) is 0. The van der Waals surface area contributed by atoms with Gasteiger partial charge in [-0.15, -0.1) is 0 Å². The standard InChI is InChI=1S/C7H14O3/c1-7(8-2)9-5-3-4-6-10-7/h3-6H2,1-2H3. The van der Waals surface area contributed by atoms with Crippen LogP contribution in [0.3, 0.4) is 0 Å². The molecule has 0 aromatic heterocycles. The zero-order valence-corrected chi connectivity index (χ0v) is 6.55. The summed E-state index contributed by atoms with van der Waals surface area (Å²) in [6.07, 6.45) is 2.11. The summed E-state index contributed by atoms with van der Waals surface area (Å²) in [7, 11) is 1.59. The van der Waals surface area contributed by atoms with Crippen molar-refractivity contribution in [3.8, 4) is 0 Å². The number of hydrogen-bond acceptors (Lipinski definition) is 3. The van der Waals surface area contributed by atoms with Gasteiger partial charge in [-0.1, -0.05) is 0 Å². The predicted octanol–water partition coefficient (Wildman–Crippen LogP) is 1.13. The van der Waals surface area contributed by atoms with Gasteiger partial charge in [-0.2, -0.15) is 0 Å². The van der Waals surface area contributed by atoms with Crippen LogP contribution in [-0.4, -0.2) is 26.3 Å². The average Bonchev–Trinajstić information content (AvgIpc) is 2.15. The fourth-order valence-corrected chi connectivity index (χ4v) is 0.879. The molecule has 0 aromatic carbocycles. The van der Waals surface area contributed by atoms with Crippen LogP contribution in [0, 0.1) is 0 Å². The molecule has 1 aliphatic heterocycles. The molecule has 1 aliphatic rings. The molecule has 0 unspecified atom stereocenters. The van der Waals surface area contributed by atoms with Crippen LogP contribution in [0.2, 0.25) is 0 Å². The topological polar surface area (TPSA) is 27.7 Å². The van der Waals surface area contributed by atoms with Gasteiger partial charge in [0.15, 0.2) is 0 Å². The van der Waals surface area contributed by atoms with E-state index in [4.69, 9.17) is 14.2 Å². The van der Waals surface area contributed by atoms with Crippen LogP contribution < -0.4 is 0 Å². The van der Waals surface area contributed by atoms with E-state index in [1.54, 1.807) is 14.0 Å². The van der Waals surface area contributed by atoms with Crippen molar-refractivity contribution in [3.05, 3.63) is 0 Å². The van der Waals surface area contributed by atoms with Crippen LogP contribution in [0.15, 0.2) is 0 Å². The van der Waals surface area contributed by atoms with Crippen molar-refractivity contribution < 1.29 is 14.2 Å². The smallest absolute Gasteiger partial charge is 0.279 e. The van der Waals surface area contributed by atoms with E-state index in [-0.39, 0.29) is 0 Å². The molecule has 3 heteroatoms. The van der Waals surface area contributed by atoms with Gasteiger partial charge < -0.3 is 14.2 Å². The lowest BCUT2D eigenvalue weighted by Crippen LogP contribution is -2.33. The van der Waals surface area contributed by atoms with Crippen molar-refractivity contribution in [2.24, 2.45) is 0 Å². The van der Waals surface area contributed by atoms with E-state index >= 15 is 0 Å². The highest BCUT2D eigenvalue weighted by atomic mass is 16.9. The quantitative estimate of drug-likeness (QED) is 0.555. The average molecular weight is 146 g/mol. The second-order valence-corrected chi connectivity index (χ2v) is 2.47. The van der Waals surface area contributed by atoms with Crippen molar-refractivity contribution in [2.45, 2.75) is 25.7 Å². The van der Waals surface area contributed by atoms with Gasteiger partial charge in [0.2, 0.25) is 0 Å². The molecule has 0 saturated carbocycles. The second-order valence-electron chi connectivity index (χ2n) is 2.47. The van der Waals surface area contributed by atoms with Gasteiger partial charge >= 0.3 is 0 Å². The van der Waals surface area contributed by atoms with Crippen LogP contribution in [0.25, 0.3) is 0 Å². The molecule has 0 N–H and O–H groups in total. The van der Waals surface area contributed by atoms with Crippen LogP contribution >= 0.6 is 0 Å². The minimum absolute atomic E-state index is 0.727. The minimum atomic E-state index is -0.795. The van der Waals surface area contributed by atoms with E-state index in [1.165, 1.54) is 0 Å². The van der Waals surface area contributed by atoms with Crippen molar-refractivity contribution in [2.75, 3.05) is 20.3 Å². The van der Waals surface area contributed by atoms with Gasteiger partial charge in [0.25, 0.3) is 5.97 Å². The highest BCUT2D eigenvalue weighted by Gasteiger charge is 2.26. The molecule has 3 nitrogen and oxygen atoms in total. The maximum atomic E-state index is 5.30. The Balaban J connectivity index is 2.41. The van der Waals surface area contributed by atoms with Crippen LogP contribution in [-0.2, 0) is 14.2 Å². The molecule has 0 amide bonds. The summed E-state index contributed by atoms with van der Waals surface area (Å²) in [4.78, 5) is 0. The molecule has 0 radical (unpaired) electrons. The SMILES string of the molecule is COC1(C)OCCCCO1. The monoisotopic (exact) mass is 146 g/mol. The maximum Gasteiger partial charge on any atom is 0.279 e. The fourth-order valence-electron chi connectivity index (χ4n) is 0.879. The van der Waals surface area contributed by atoms with E-state index in [9.17, 15) is 0 Å². The summed E-state index contributed by atoms with van der Waals surface area (Å²) in [5.41, 5.74) is 0. The summed E-state index contributed by atoms with van der Waals surface area (Å²) in [5.74, 6) is -0.795. The lowest BCUT2D eigenvalue weighted by atomic mass is 10.3. The lowest BCUT2D eigenvalue weighted by Gasteiger charge is -2.25. The molecule has 0 bridgehead atoms. The molecule has 1 rings (SSSR count). The minimum Gasteiger partial charge on any atom is -0.331 e. The summed E-state index contributed by atoms with van der Waals surface area (Å²) in [6.45, 7) is 3.24. The van der Waals surface area contributed by atoms with Gasteiger partial charge in [0, 0.05) is 14.0 Å². The second kappa shape index (κ2) is 3.32. The third-order valence-corrected chi connectivity index (χ3v) is 1.64. The molecular formula is C7H14O3. The largest absolute Gasteiger partial charge is 0.331 e. The number of rotatable bonds is 1.